The number of hydrogen-bond donors (Lipinski definition) is 1. The number of anilines is 2. The fourth-order valence-corrected chi connectivity index (χ4v) is 3.91. The number of hydrogen-bond acceptors (Lipinski definition) is 4. The van der Waals surface area contributed by atoms with Gasteiger partial charge in [-0.2, -0.15) is 0 Å². The van der Waals surface area contributed by atoms with Crippen LogP contribution in [0.25, 0.3) is 0 Å². The van der Waals surface area contributed by atoms with Gasteiger partial charge in [0.25, 0.3) is 0 Å². The van der Waals surface area contributed by atoms with Crippen LogP contribution in [-0.2, 0) is 21.2 Å². The largest absolute Gasteiger partial charge is 0.388 e. The number of sulfonamides is 1. The van der Waals surface area contributed by atoms with Gasteiger partial charge in [-0.3, -0.25) is 4.31 Å². The molecule has 1 fully saturated rings. The number of ether oxygens (including phenoxy) is 1. The van der Waals surface area contributed by atoms with E-state index < -0.39 is 10.0 Å². The molecule has 0 amide bonds. The van der Waals surface area contributed by atoms with E-state index in [1.54, 1.807) is 0 Å². The molecule has 0 unspecified atom stereocenters. The second-order valence-electron chi connectivity index (χ2n) is 4.61. The molecule has 0 aliphatic carbocycles. The average molecular weight is 268 g/mol. The van der Waals surface area contributed by atoms with E-state index in [1.165, 1.54) is 4.31 Å². The van der Waals surface area contributed by atoms with Crippen LogP contribution < -0.4 is 9.62 Å². The molecule has 1 atom stereocenters. The summed E-state index contributed by atoms with van der Waals surface area (Å²) in [5.41, 5.74) is 2.88. The second-order valence-corrected chi connectivity index (χ2v) is 6.62. The molecule has 2 aliphatic rings. The molecule has 1 saturated heterocycles. The van der Waals surface area contributed by atoms with E-state index in [0.29, 0.717) is 19.6 Å². The highest BCUT2D eigenvalue weighted by Crippen LogP contribution is 2.35. The van der Waals surface area contributed by atoms with E-state index in [1.807, 2.05) is 25.2 Å². The highest BCUT2D eigenvalue weighted by atomic mass is 32.2. The monoisotopic (exact) mass is 268 g/mol. The normalized spacial score (nSPS) is 24.5. The highest BCUT2D eigenvalue weighted by Gasteiger charge is 2.36. The Morgan fingerprint density at radius 2 is 2.28 bits per heavy atom. The molecular weight excluding hydrogens is 252 g/mol. The molecule has 1 N–H and O–H groups in total. The smallest absolute Gasteiger partial charge is 0.235 e. The van der Waals surface area contributed by atoms with Crippen molar-refractivity contribution in [2.24, 2.45) is 0 Å². The number of fused-ring (bicyclic) bond motifs is 1. The van der Waals surface area contributed by atoms with E-state index in [4.69, 9.17) is 4.74 Å². The van der Waals surface area contributed by atoms with Crippen LogP contribution in [0.1, 0.15) is 5.56 Å². The summed E-state index contributed by atoms with van der Waals surface area (Å²) in [6, 6.07) is 5.73. The van der Waals surface area contributed by atoms with Gasteiger partial charge in [-0.05, 0) is 18.6 Å². The van der Waals surface area contributed by atoms with Crippen molar-refractivity contribution in [3.8, 4) is 0 Å². The van der Waals surface area contributed by atoms with Gasteiger partial charge in [0.15, 0.2) is 0 Å². The zero-order valence-corrected chi connectivity index (χ0v) is 11.0. The molecule has 3 rings (SSSR count). The van der Waals surface area contributed by atoms with Crippen LogP contribution in [0.15, 0.2) is 18.2 Å². The van der Waals surface area contributed by atoms with Crippen LogP contribution >= 0.6 is 0 Å². The maximum atomic E-state index is 12.2. The quantitative estimate of drug-likeness (QED) is 0.824. The first-order valence-corrected chi connectivity index (χ1v) is 7.64. The second kappa shape index (κ2) is 4.13. The molecule has 0 radical (unpaired) electrons. The molecule has 2 aliphatic heterocycles. The van der Waals surface area contributed by atoms with E-state index >= 15 is 0 Å². The summed E-state index contributed by atoms with van der Waals surface area (Å²) in [4.78, 5) is 0. The van der Waals surface area contributed by atoms with Crippen molar-refractivity contribution in [1.29, 1.82) is 0 Å². The first-order chi connectivity index (χ1) is 8.62. The Labute approximate surface area is 107 Å². The van der Waals surface area contributed by atoms with Gasteiger partial charge in [0.2, 0.25) is 10.0 Å². The third-order valence-electron chi connectivity index (χ3n) is 3.41. The SMILES string of the molecule is CNc1cccc2c1CCS(=O)(=O)N2C[C@@H]1CO1. The summed E-state index contributed by atoms with van der Waals surface area (Å²) in [5, 5.41) is 3.12. The summed E-state index contributed by atoms with van der Waals surface area (Å²) in [5.74, 6) is 0.172. The Hall–Kier alpha value is -1.27. The van der Waals surface area contributed by atoms with Gasteiger partial charge >= 0.3 is 0 Å². The van der Waals surface area contributed by atoms with Crippen LogP contribution in [0.2, 0.25) is 0 Å². The van der Waals surface area contributed by atoms with Crippen LogP contribution in [0.5, 0.6) is 0 Å². The number of rotatable bonds is 3. The Balaban J connectivity index is 2.06. The van der Waals surface area contributed by atoms with Crippen molar-refractivity contribution < 1.29 is 13.2 Å². The summed E-state index contributed by atoms with van der Waals surface area (Å²) in [7, 11) is -1.34. The number of nitrogens with zero attached hydrogens (tertiary/aromatic N) is 1. The third kappa shape index (κ3) is 1.95. The first kappa shape index (κ1) is 11.8. The Morgan fingerprint density at radius 3 is 2.94 bits per heavy atom. The number of nitrogens with one attached hydrogen (secondary N) is 1. The Bertz CT molecular complexity index is 567. The van der Waals surface area contributed by atoms with Crippen molar-refractivity contribution in [2.45, 2.75) is 12.5 Å². The Kier molecular flexibility index (Phi) is 2.71. The molecule has 6 heteroatoms. The molecular formula is C12H16N2O3S. The van der Waals surface area contributed by atoms with Gasteiger partial charge in [-0.25, -0.2) is 8.42 Å². The lowest BCUT2D eigenvalue weighted by molar-refractivity contribution is 0.412. The molecule has 98 valence electrons. The van der Waals surface area contributed by atoms with Gasteiger partial charge in [0.1, 0.15) is 0 Å². The van der Waals surface area contributed by atoms with E-state index in [0.717, 1.165) is 16.9 Å². The molecule has 5 nitrogen and oxygen atoms in total. The minimum atomic E-state index is -3.19. The zero-order chi connectivity index (χ0) is 12.8. The van der Waals surface area contributed by atoms with Crippen LogP contribution in [0.3, 0.4) is 0 Å². The van der Waals surface area contributed by atoms with Crippen LogP contribution in [0.4, 0.5) is 11.4 Å². The van der Waals surface area contributed by atoms with Gasteiger partial charge < -0.3 is 10.1 Å². The maximum Gasteiger partial charge on any atom is 0.235 e. The topological polar surface area (TPSA) is 61.9 Å². The van der Waals surface area contributed by atoms with Gasteiger partial charge in [0, 0.05) is 18.3 Å². The Morgan fingerprint density at radius 1 is 1.50 bits per heavy atom. The minimum absolute atomic E-state index is 0.0592. The molecule has 18 heavy (non-hydrogen) atoms. The van der Waals surface area contributed by atoms with Crippen molar-refractivity contribution in [3.05, 3.63) is 23.8 Å². The number of benzene rings is 1. The molecule has 0 aromatic heterocycles. The van der Waals surface area contributed by atoms with Gasteiger partial charge in [0.05, 0.1) is 30.7 Å². The van der Waals surface area contributed by atoms with Crippen molar-refractivity contribution >= 4 is 21.4 Å². The summed E-state index contributed by atoms with van der Waals surface area (Å²) >= 11 is 0. The molecule has 0 spiro atoms. The summed E-state index contributed by atoms with van der Waals surface area (Å²) in [6.45, 7) is 1.09. The summed E-state index contributed by atoms with van der Waals surface area (Å²) < 4.78 is 31.0. The lowest BCUT2D eigenvalue weighted by Gasteiger charge is -2.31. The van der Waals surface area contributed by atoms with Crippen LogP contribution in [-0.4, -0.2) is 40.5 Å². The minimum Gasteiger partial charge on any atom is -0.388 e. The fraction of sp³-hybridized carbons (Fsp3) is 0.500. The lowest BCUT2D eigenvalue weighted by Crippen LogP contribution is -2.40. The molecule has 1 aromatic carbocycles. The lowest BCUT2D eigenvalue weighted by atomic mass is 10.1. The third-order valence-corrected chi connectivity index (χ3v) is 5.14. The maximum absolute atomic E-state index is 12.2. The molecule has 1 aromatic rings. The molecule has 0 saturated carbocycles. The predicted molar refractivity (Wildman–Crippen MR) is 70.6 cm³/mol. The van der Waals surface area contributed by atoms with Crippen molar-refractivity contribution in [3.63, 3.8) is 0 Å². The zero-order valence-electron chi connectivity index (χ0n) is 10.2. The van der Waals surface area contributed by atoms with E-state index in [-0.39, 0.29) is 11.9 Å². The van der Waals surface area contributed by atoms with Crippen LogP contribution in [0, 0.1) is 0 Å². The first-order valence-electron chi connectivity index (χ1n) is 6.03. The van der Waals surface area contributed by atoms with E-state index in [2.05, 4.69) is 5.32 Å². The predicted octanol–water partition coefficient (Wildman–Crippen LogP) is 0.819. The van der Waals surface area contributed by atoms with Crippen molar-refractivity contribution in [2.75, 3.05) is 35.6 Å². The fourth-order valence-electron chi connectivity index (χ4n) is 2.37. The van der Waals surface area contributed by atoms with E-state index in [9.17, 15) is 8.42 Å². The average Bonchev–Trinajstić information content (AvgIpc) is 3.16. The molecule has 2 heterocycles. The van der Waals surface area contributed by atoms with Gasteiger partial charge in [-0.15, -0.1) is 0 Å². The number of epoxide rings is 1. The highest BCUT2D eigenvalue weighted by molar-refractivity contribution is 7.92. The van der Waals surface area contributed by atoms with Gasteiger partial charge in [-0.1, -0.05) is 6.07 Å². The molecule has 0 bridgehead atoms. The van der Waals surface area contributed by atoms with Crippen molar-refractivity contribution in [1.82, 2.24) is 0 Å². The summed E-state index contributed by atoms with van der Waals surface area (Å²) in [6.07, 6.45) is 0.625. The standard InChI is InChI=1S/C12H16N2O3S/c1-13-11-3-2-4-12-10(11)5-6-18(15,16)14(12)7-9-8-17-9/h2-4,9,13H,5-8H2,1H3/t9-/m1/s1.